The maximum Gasteiger partial charge on any atom is 0.317 e. The number of carbonyl (C=O) groups is 3. The van der Waals surface area contributed by atoms with E-state index in [0.717, 1.165) is 0 Å². The van der Waals surface area contributed by atoms with Gasteiger partial charge in [0.05, 0.1) is 0 Å². The van der Waals surface area contributed by atoms with Gasteiger partial charge in [0.25, 0.3) is 0 Å². The Morgan fingerprint density at radius 1 is 0.800 bits per heavy atom. The van der Waals surface area contributed by atoms with Gasteiger partial charge in [-0.1, -0.05) is 76.5 Å². The normalized spacial score (nSPS) is 18.8. The van der Waals surface area contributed by atoms with E-state index in [1.165, 1.54) is 9.13 Å². The Morgan fingerprint density at radius 2 is 1.20 bits per heavy atom. The van der Waals surface area contributed by atoms with Crippen LogP contribution < -0.4 is 0 Å². The summed E-state index contributed by atoms with van der Waals surface area (Å²) in [6.07, 6.45) is 0.337. The summed E-state index contributed by atoms with van der Waals surface area (Å²) < 4.78 is 2.84. The Labute approximate surface area is 152 Å². The van der Waals surface area contributed by atoms with Crippen molar-refractivity contribution in [2.45, 2.75) is 58.0 Å². The zero-order chi connectivity index (χ0) is 19.2. The van der Waals surface area contributed by atoms with Crippen molar-refractivity contribution < 1.29 is 14.4 Å². The third-order valence-corrected chi connectivity index (χ3v) is 8.13. The minimum Gasteiger partial charge on any atom is -0.293 e. The Balaban J connectivity index is 2.80. The lowest BCUT2D eigenvalue weighted by molar-refractivity contribution is -0.147. The molecular weight excluding hydrogens is 348 g/mol. The number of barbiturate groups is 1. The van der Waals surface area contributed by atoms with Crippen molar-refractivity contribution in [1.29, 1.82) is 0 Å². The quantitative estimate of drug-likeness (QED) is 0.593. The van der Waals surface area contributed by atoms with E-state index in [1.807, 2.05) is 76.5 Å². The minimum atomic E-state index is -2.31. The maximum atomic E-state index is 13.5. The smallest absolute Gasteiger partial charge is 0.293 e. The SMILES string of the molecule is CCC1(c2ccccc2)C(=O)N([Si](C)(C)C)C(=O)N([Si](C)(C)C)C1=O. The van der Waals surface area contributed by atoms with Gasteiger partial charge in [-0.3, -0.25) is 18.7 Å². The molecule has 0 bridgehead atoms. The molecule has 1 saturated heterocycles. The molecule has 1 aromatic carbocycles. The highest BCUT2D eigenvalue weighted by Gasteiger charge is 2.61. The predicted octanol–water partition coefficient (Wildman–Crippen LogP) is 3.80. The zero-order valence-electron chi connectivity index (χ0n) is 16.2. The molecule has 1 heterocycles. The molecule has 0 unspecified atom stereocenters. The first-order valence-corrected chi connectivity index (χ1v) is 15.6. The Morgan fingerprint density at radius 3 is 1.52 bits per heavy atom. The number of hydrogen-bond donors (Lipinski definition) is 0. The number of imide groups is 2. The molecule has 1 aromatic rings. The summed E-state index contributed by atoms with van der Waals surface area (Å²) in [4.78, 5) is 40.2. The largest absolute Gasteiger partial charge is 0.317 e. The van der Waals surface area contributed by atoms with Gasteiger partial charge in [-0.25, -0.2) is 4.79 Å². The van der Waals surface area contributed by atoms with E-state index in [0.29, 0.717) is 12.0 Å². The highest BCUT2D eigenvalue weighted by molar-refractivity contribution is 6.82. The van der Waals surface area contributed by atoms with Crippen LogP contribution in [-0.4, -0.2) is 43.4 Å². The number of hydrogen-bond acceptors (Lipinski definition) is 3. The van der Waals surface area contributed by atoms with E-state index in [9.17, 15) is 14.4 Å². The molecule has 0 spiro atoms. The average Bonchev–Trinajstić information content (AvgIpc) is 2.46. The summed E-state index contributed by atoms with van der Waals surface area (Å²) in [5.41, 5.74) is -0.637. The average molecular weight is 377 g/mol. The summed E-state index contributed by atoms with van der Waals surface area (Å²) in [5.74, 6) is -0.713. The van der Waals surface area contributed by atoms with E-state index < -0.39 is 27.9 Å². The lowest BCUT2D eigenvalue weighted by Crippen LogP contribution is -2.75. The van der Waals surface area contributed by atoms with Crippen LogP contribution in [0.4, 0.5) is 4.79 Å². The lowest BCUT2D eigenvalue weighted by atomic mass is 9.75. The van der Waals surface area contributed by atoms with Gasteiger partial charge in [0.15, 0.2) is 21.9 Å². The monoisotopic (exact) mass is 376 g/mol. The van der Waals surface area contributed by atoms with Gasteiger partial charge in [-0.15, -0.1) is 0 Å². The van der Waals surface area contributed by atoms with E-state index in [2.05, 4.69) is 0 Å². The van der Waals surface area contributed by atoms with Gasteiger partial charge in [0, 0.05) is 0 Å². The third-order valence-electron chi connectivity index (χ3n) is 4.66. The second kappa shape index (κ2) is 6.21. The zero-order valence-corrected chi connectivity index (χ0v) is 18.2. The number of amides is 4. The van der Waals surface area contributed by atoms with E-state index >= 15 is 0 Å². The number of benzene rings is 1. The summed E-state index contributed by atoms with van der Waals surface area (Å²) in [6.45, 7) is 13.6. The summed E-state index contributed by atoms with van der Waals surface area (Å²) >= 11 is 0. The fourth-order valence-corrected chi connectivity index (χ4v) is 6.45. The van der Waals surface area contributed by atoms with Crippen molar-refractivity contribution >= 4 is 34.3 Å². The second-order valence-corrected chi connectivity index (χ2v) is 18.1. The standard InChI is InChI=1S/C18H28N2O3Si2/c1-8-18(14-12-10-9-11-13-14)15(21)19(24(2,3)4)17(23)20(16(18)22)25(5,6)7/h9-13H,8H2,1-7H3. The molecule has 2 rings (SSSR count). The molecule has 1 aliphatic rings. The van der Waals surface area contributed by atoms with Gasteiger partial charge in [0.2, 0.25) is 11.8 Å². The number of urea groups is 1. The summed E-state index contributed by atoms with van der Waals surface area (Å²) in [6, 6.07) is 8.75. The van der Waals surface area contributed by atoms with E-state index in [4.69, 9.17) is 0 Å². The van der Waals surface area contributed by atoms with Gasteiger partial charge >= 0.3 is 6.03 Å². The van der Waals surface area contributed by atoms with Crippen LogP contribution in [0, 0.1) is 0 Å². The molecule has 4 amide bonds. The summed E-state index contributed by atoms with van der Waals surface area (Å²) in [5, 5.41) is 0. The van der Waals surface area contributed by atoms with Gasteiger partial charge < -0.3 is 0 Å². The molecule has 0 saturated carbocycles. The molecule has 1 aliphatic heterocycles. The molecule has 0 N–H and O–H groups in total. The first kappa shape index (κ1) is 19.6. The van der Waals surface area contributed by atoms with Gasteiger partial charge in [-0.2, -0.15) is 0 Å². The van der Waals surface area contributed by atoms with Crippen molar-refractivity contribution in [2.24, 2.45) is 0 Å². The summed E-state index contributed by atoms with van der Waals surface area (Å²) in [7, 11) is -4.62. The Bertz CT molecular complexity index is 669. The first-order chi connectivity index (χ1) is 11.4. The number of rotatable bonds is 4. The van der Waals surface area contributed by atoms with Crippen molar-refractivity contribution in [3.8, 4) is 0 Å². The highest BCUT2D eigenvalue weighted by atomic mass is 28.3. The fraction of sp³-hybridized carbons (Fsp3) is 0.500. The van der Waals surface area contributed by atoms with Crippen LogP contribution in [0.2, 0.25) is 39.3 Å². The molecular formula is C18H28N2O3Si2. The first-order valence-electron chi connectivity index (χ1n) is 8.68. The Kier molecular flexibility index (Phi) is 4.86. The molecule has 25 heavy (non-hydrogen) atoms. The highest BCUT2D eigenvalue weighted by Crippen LogP contribution is 2.40. The van der Waals surface area contributed by atoms with Crippen LogP contribution in [0.25, 0.3) is 0 Å². The van der Waals surface area contributed by atoms with Crippen LogP contribution >= 0.6 is 0 Å². The maximum absolute atomic E-state index is 13.5. The minimum absolute atomic E-state index is 0.337. The van der Waals surface area contributed by atoms with Gasteiger partial charge in [0.1, 0.15) is 0 Å². The Hall–Kier alpha value is -1.74. The van der Waals surface area contributed by atoms with Crippen molar-refractivity contribution in [3.63, 3.8) is 0 Å². The van der Waals surface area contributed by atoms with Crippen LogP contribution in [0.3, 0.4) is 0 Å². The van der Waals surface area contributed by atoms with Crippen molar-refractivity contribution in [2.75, 3.05) is 0 Å². The van der Waals surface area contributed by atoms with Crippen LogP contribution in [0.5, 0.6) is 0 Å². The number of carbonyl (C=O) groups excluding carboxylic acids is 3. The molecule has 0 atom stereocenters. The molecule has 136 valence electrons. The van der Waals surface area contributed by atoms with Crippen LogP contribution in [-0.2, 0) is 15.0 Å². The van der Waals surface area contributed by atoms with Crippen molar-refractivity contribution in [1.82, 2.24) is 9.13 Å². The van der Waals surface area contributed by atoms with Crippen LogP contribution in [0.1, 0.15) is 18.9 Å². The molecule has 7 heteroatoms. The van der Waals surface area contributed by atoms with E-state index in [1.54, 1.807) is 0 Å². The van der Waals surface area contributed by atoms with E-state index in [-0.39, 0.29) is 11.8 Å². The lowest BCUT2D eigenvalue weighted by Gasteiger charge is -2.51. The molecule has 0 aromatic heterocycles. The fourth-order valence-electron chi connectivity index (χ4n) is 3.41. The topological polar surface area (TPSA) is 57.7 Å². The van der Waals surface area contributed by atoms with Crippen molar-refractivity contribution in [3.05, 3.63) is 35.9 Å². The second-order valence-electron chi connectivity index (χ2n) is 8.53. The molecule has 0 aliphatic carbocycles. The number of nitrogens with zero attached hydrogens (tertiary/aromatic N) is 2. The predicted molar refractivity (Wildman–Crippen MR) is 104 cm³/mol. The molecule has 1 fully saturated rings. The van der Waals surface area contributed by atoms with Gasteiger partial charge in [-0.05, 0) is 12.0 Å². The van der Waals surface area contributed by atoms with Crippen LogP contribution in [0.15, 0.2) is 30.3 Å². The molecule has 0 radical (unpaired) electrons. The third kappa shape index (κ3) is 2.99. The molecule has 5 nitrogen and oxygen atoms in total.